The average Bonchev–Trinajstić information content (AvgIpc) is 3.88. The van der Waals surface area contributed by atoms with Crippen molar-refractivity contribution < 1.29 is 30.6 Å². The lowest BCUT2D eigenvalue weighted by Crippen LogP contribution is -2.03. The van der Waals surface area contributed by atoms with Crippen LogP contribution in [-0.4, -0.2) is 50.2 Å². The summed E-state index contributed by atoms with van der Waals surface area (Å²) in [6.07, 6.45) is 0. The average molecular weight is 829 g/mol. The lowest BCUT2D eigenvalue weighted by molar-refractivity contribution is 0.400. The molecule has 0 atom stereocenters. The van der Waals surface area contributed by atoms with E-state index in [9.17, 15) is 30.6 Å². The van der Waals surface area contributed by atoms with Gasteiger partial charge in [-0.3, -0.25) is 0 Å². The van der Waals surface area contributed by atoms with Crippen molar-refractivity contribution >= 4 is 53.3 Å². The monoisotopic (exact) mass is 828 g/mol. The van der Waals surface area contributed by atoms with Gasteiger partial charge in [-0.2, -0.15) is 0 Å². The highest BCUT2D eigenvalue weighted by molar-refractivity contribution is 7.26. The molecule has 0 aliphatic carbocycles. The number of aromatic nitrogens is 4. The molecule has 0 radical (unpaired) electrons. The predicted molar refractivity (Wildman–Crippen MR) is 244 cm³/mol. The minimum absolute atomic E-state index is 0.0414. The van der Waals surface area contributed by atoms with Gasteiger partial charge in [-0.05, 0) is 28.8 Å². The van der Waals surface area contributed by atoms with Gasteiger partial charge in [0.1, 0.15) is 22.5 Å². The number of thiophene rings is 1. The number of phenolic OH excluding ortho intramolecular Hbond substituents is 6. The fourth-order valence-electron chi connectivity index (χ4n) is 8.48. The molecule has 11 rings (SSSR count). The van der Waals surface area contributed by atoms with Gasteiger partial charge < -0.3 is 35.2 Å². The molecule has 0 unspecified atom stereocenters. The van der Waals surface area contributed by atoms with Crippen LogP contribution in [0.3, 0.4) is 0 Å². The zero-order valence-corrected chi connectivity index (χ0v) is 33.2. The molecule has 0 bridgehead atoms. The Labute approximate surface area is 356 Å². The topological polar surface area (TPSA) is 165 Å². The lowest BCUT2D eigenvalue weighted by atomic mass is 9.94. The second-order valence-corrected chi connectivity index (χ2v) is 16.0. The zero-order chi connectivity index (χ0) is 42.2. The first-order valence-electron chi connectivity index (χ1n) is 19.6. The molecule has 0 aliphatic heterocycles. The molecule has 10 nitrogen and oxygen atoms in total. The molecule has 0 fully saturated rings. The Morgan fingerprint density at radius 3 is 1.53 bits per heavy atom. The van der Waals surface area contributed by atoms with Crippen molar-refractivity contribution in [3.63, 3.8) is 0 Å². The quantitative estimate of drug-likeness (QED) is 0.0707. The molecule has 0 amide bonds. The third-order valence-corrected chi connectivity index (χ3v) is 12.5. The highest BCUT2D eigenvalue weighted by Gasteiger charge is 2.29. The van der Waals surface area contributed by atoms with Gasteiger partial charge in [0.15, 0.2) is 40.5 Å². The summed E-state index contributed by atoms with van der Waals surface area (Å²) in [5, 5.41) is 69.7. The van der Waals surface area contributed by atoms with E-state index in [0.29, 0.717) is 39.9 Å². The van der Waals surface area contributed by atoms with Gasteiger partial charge in [0, 0.05) is 54.6 Å². The van der Waals surface area contributed by atoms with Crippen molar-refractivity contribution in [1.82, 2.24) is 19.5 Å². The predicted octanol–water partition coefficient (Wildman–Crippen LogP) is 11.9. The van der Waals surface area contributed by atoms with Crippen LogP contribution in [0.2, 0.25) is 0 Å². The SMILES string of the molecule is Oc1cc(O)c2c(c1O)c1c(O)c(O)cc(O)c1n2-c1cc(-c2cccc3c2sc2ccccc23)ccc1-c1ccccc1-c1nc(-c2ccccc2)nc(-c2ccccc2)n1. The number of hydrogen-bond acceptors (Lipinski definition) is 10. The van der Waals surface area contributed by atoms with Crippen LogP contribution in [0, 0.1) is 0 Å². The number of fused-ring (bicyclic) bond motifs is 6. The number of benzene rings is 8. The maximum atomic E-state index is 11.7. The summed E-state index contributed by atoms with van der Waals surface area (Å²) in [5.74, 6) is -2.24. The summed E-state index contributed by atoms with van der Waals surface area (Å²) < 4.78 is 3.72. The van der Waals surface area contributed by atoms with E-state index in [0.717, 1.165) is 54.6 Å². The number of aromatic hydroxyl groups is 6. The van der Waals surface area contributed by atoms with Gasteiger partial charge >= 0.3 is 0 Å². The Morgan fingerprint density at radius 2 is 0.903 bits per heavy atom. The van der Waals surface area contributed by atoms with E-state index in [1.807, 2.05) is 127 Å². The highest BCUT2D eigenvalue weighted by atomic mass is 32.1. The third-order valence-electron chi connectivity index (χ3n) is 11.3. The first-order chi connectivity index (χ1) is 30.2. The second kappa shape index (κ2) is 14.1. The maximum Gasteiger partial charge on any atom is 0.168 e. The van der Waals surface area contributed by atoms with Gasteiger partial charge in [0.05, 0.1) is 16.5 Å². The van der Waals surface area contributed by atoms with Gasteiger partial charge in [-0.1, -0.05) is 133 Å². The number of phenols is 6. The second-order valence-electron chi connectivity index (χ2n) is 14.9. The summed E-state index contributed by atoms with van der Waals surface area (Å²) >= 11 is 1.67. The first kappa shape index (κ1) is 36.7. The van der Waals surface area contributed by atoms with Crippen LogP contribution in [0.1, 0.15) is 0 Å². The summed E-state index contributed by atoms with van der Waals surface area (Å²) in [7, 11) is 0. The molecule has 3 aromatic heterocycles. The lowest BCUT2D eigenvalue weighted by Gasteiger charge is -2.19. The van der Waals surface area contributed by atoms with E-state index in [2.05, 4.69) is 18.2 Å². The molecule has 0 saturated carbocycles. The molecule has 0 saturated heterocycles. The molecule has 62 heavy (non-hydrogen) atoms. The standard InChI is InChI=1S/C51H32N4O6S/c56-37-25-39(58)46(60)42-43-45(38(57)26-40(59)47(43)61)55(44(37)42)36-24-29(30-19-11-20-34-33-17-9-10-21-41(33)62-48(30)34)22-23-32(36)31-16-7-8-18-35(31)51-53-49(27-12-3-1-4-13-27)52-50(54-51)28-14-5-2-6-15-28/h1-26,56-61H. The van der Waals surface area contributed by atoms with Crippen molar-refractivity contribution in [2.45, 2.75) is 0 Å². The molecule has 11 heteroatoms. The van der Waals surface area contributed by atoms with Crippen molar-refractivity contribution in [2.75, 3.05) is 0 Å². The van der Waals surface area contributed by atoms with Gasteiger partial charge in [0.2, 0.25) is 0 Å². The molecule has 6 N–H and O–H groups in total. The molecule has 11 aromatic rings. The number of hydrogen-bond donors (Lipinski definition) is 6. The zero-order valence-electron chi connectivity index (χ0n) is 32.4. The summed E-state index contributed by atoms with van der Waals surface area (Å²) in [6, 6.07) is 49.2. The molecule has 0 spiro atoms. The van der Waals surface area contributed by atoms with Crippen molar-refractivity contribution in [3.05, 3.63) is 158 Å². The molecule has 0 aliphatic rings. The Morgan fingerprint density at radius 1 is 0.387 bits per heavy atom. The van der Waals surface area contributed by atoms with E-state index in [1.165, 1.54) is 4.57 Å². The number of nitrogens with zero attached hydrogens (tertiary/aromatic N) is 4. The van der Waals surface area contributed by atoms with E-state index in [4.69, 9.17) is 15.0 Å². The largest absolute Gasteiger partial charge is 0.506 e. The Balaban J connectivity index is 1.25. The van der Waals surface area contributed by atoms with Crippen LogP contribution < -0.4 is 0 Å². The maximum absolute atomic E-state index is 11.7. The Kier molecular flexibility index (Phi) is 8.34. The number of rotatable bonds is 6. The smallest absolute Gasteiger partial charge is 0.168 e. The molecule has 8 aromatic carbocycles. The highest BCUT2D eigenvalue weighted by Crippen LogP contribution is 2.54. The van der Waals surface area contributed by atoms with E-state index in [-0.39, 0.29) is 21.8 Å². The molecule has 3 heterocycles. The minimum Gasteiger partial charge on any atom is -0.506 e. The van der Waals surface area contributed by atoms with Gasteiger partial charge in [-0.15, -0.1) is 11.3 Å². The van der Waals surface area contributed by atoms with E-state index >= 15 is 0 Å². The Hall–Kier alpha value is -8.41. The van der Waals surface area contributed by atoms with Crippen LogP contribution in [0.4, 0.5) is 0 Å². The summed E-state index contributed by atoms with van der Waals surface area (Å²) in [6.45, 7) is 0. The minimum atomic E-state index is -0.665. The van der Waals surface area contributed by atoms with Crippen molar-refractivity contribution in [1.29, 1.82) is 0 Å². The Bertz CT molecular complexity index is 3480. The van der Waals surface area contributed by atoms with E-state index in [1.54, 1.807) is 11.3 Å². The van der Waals surface area contributed by atoms with Crippen LogP contribution in [0.15, 0.2) is 158 Å². The van der Waals surface area contributed by atoms with Gasteiger partial charge in [-0.25, -0.2) is 15.0 Å². The fraction of sp³-hybridized carbons (Fsp3) is 0. The van der Waals surface area contributed by atoms with E-state index < -0.39 is 34.5 Å². The first-order valence-corrected chi connectivity index (χ1v) is 20.4. The molecular formula is C51H32N4O6S. The van der Waals surface area contributed by atoms with Crippen LogP contribution >= 0.6 is 11.3 Å². The summed E-state index contributed by atoms with van der Waals surface area (Å²) in [4.78, 5) is 15.0. The summed E-state index contributed by atoms with van der Waals surface area (Å²) in [5.41, 5.74) is 5.54. The third kappa shape index (κ3) is 5.67. The fourth-order valence-corrected chi connectivity index (χ4v) is 9.71. The molecule has 298 valence electrons. The van der Waals surface area contributed by atoms with Crippen LogP contribution in [-0.2, 0) is 0 Å². The van der Waals surface area contributed by atoms with Crippen molar-refractivity contribution in [2.24, 2.45) is 0 Å². The van der Waals surface area contributed by atoms with Crippen LogP contribution in [0.5, 0.6) is 34.5 Å². The normalized spacial score (nSPS) is 11.6. The van der Waals surface area contributed by atoms with Gasteiger partial charge in [0.25, 0.3) is 0 Å². The van der Waals surface area contributed by atoms with Crippen molar-refractivity contribution in [3.8, 4) is 96.6 Å². The van der Waals surface area contributed by atoms with Crippen LogP contribution in [0.25, 0.3) is 104 Å². The molecular weight excluding hydrogens is 797 g/mol.